The average Bonchev–Trinajstić information content (AvgIpc) is 2.59. The van der Waals surface area contributed by atoms with Crippen molar-refractivity contribution in [3.8, 4) is 0 Å². The molecule has 1 aromatic rings. The Kier molecular flexibility index (Phi) is 2.74. The van der Waals surface area contributed by atoms with Gasteiger partial charge in [0.25, 0.3) is 10.0 Å². The quantitative estimate of drug-likeness (QED) is 0.732. The van der Waals surface area contributed by atoms with Crippen molar-refractivity contribution in [1.82, 2.24) is 4.31 Å². The van der Waals surface area contributed by atoms with Gasteiger partial charge in [0.05, 0.1) is 4.90 Å². The summed E-state index contributed by atoms with van der Waals surface area (Å²) in [6, 6.07) is 6.27. The smallest absolute Gasteiger partial charge is 0.273 e. The molecular formula is C11H11NO4S. The monoisotopic (exact) mass is 253 g/mol. The molecule has 0 N–H and O–H groups in total. The van der Waals surface area contributed by atoms with Crippen LogP contribution in [-0.4, -0.2) is 24.5 Å². The largest absolute Gasteiger partial charge is 0.273 e. The van der Waals surface area contributed by atoms with E-state index >= 15 is 0 Å². The molecule has 5 nitrogen and oxygen atoms in total. The summed E-state index contributed by atoms with van der Waals surface area (Å²) in [5, 5.41) is 0. The molecule has 2 amide bonds. The second kappa shape index (κ2) is 3.96. The van der Waals surface area contributed by atoms with Gasteiger partial charge in [0.15, 0.2) is 0 Å². The molecule has 1 aliphatic rings. The van der Waals surface area contributed by atoms with Crippen LogP contribution in [0.4, 0.5) is 0 Å². The Morgan fingerprint density at radius 3 is 2.12 bits per heavy atom. The molecule has 1 saturated heterocycles. The second-order valence-electron chi connectivity index (χ2n) is 3.82. The molecular weight excluding hydrogens is 242 g/mol. The van der Waals surface area contributed by atoms with E-state index in [0.717, 1.165) is 0 Å². The first-order chi connectivity index (χ1) is 7.94. The fourth-order valence-electron chi connectivity index (χ4n) is 1.77. The fraction of sp³-hybridized carbons (Fsp3) is 0.273. The number of aryl methyl sites for hydroxylation is 1. The van der Waals surface area contributed by atoms with E-state index in [9.17, 15) is 18.0 Å². The Bertz CT molecular complexity index is 575. The first-order valence-corrected chi connectivity index (χ1v) is 6.55. The predicted octanol–water partition coefficient (Wildman–Crippen LogP) is 0.833. The number of hydrogen-bond acceptors (Lipinski definition) is 4. The minimum atomic E-state index is -4.03. The van der Waals surface area contributed by atoms with Crippen LogP contribution >= 0.6 is 0 Å². The van der Waals surface area contributed by atoms with E-state index in [0.29, 0.717) is 9.87 Å². The molecule has 0 atom stereocenters. The van der Waals surface area contributed by atoms with Gasteiger partial charge in [-0.1, -0.05) is 18.2 Å². The molecule has 0 aromatic heterocycles. The van der Waals surface area contributed by atoms with Crippen LogP contribution in [0, 0.1) is 6.92 Å². The van der Waals surface area contributed by atoms with Crippen molar-refractivity contribution in [3.05, 3.63) is 29.8 Å². The van der Waals surface area contributed by atoms with Crippen molar-refractivity contribution < 1.29 is 18.0 Å². The van der Waals surface area contributed by atoms with E-state index in [2.05, 4.69) is 0 Å². The Labute approximate surface area is 99.1 Å². The average molecular weight is 253 g/mol. The second-order valence-corrected chi connectivity index (χ2v) is 5.58. The third-order valence-corrected chi connectivity index (χ3v) is 4.52. The lowest BCUT2D eigenvalue weighted by molar-refractivity contribution is -0.132. The lowest BCUT2D eigenvalue weighted by atomic mass is 10.2. The maximum absolute atomic E-state index is 12.2. The molecule has 2 rings (SSSR count). The van der Waals surface area contributed by atoms with Crippen LogP contribution < -0.4 is 0 Å². The highest BCUT2D eigenvalue weighted by Crippen LogP contribution is 2.24. The molecule has 0 saturated carbocycles. The van der Waals surface area contributed by atoms with Crippen LogP contribution in [0.1, 0.15) is 18.4 Å². The number of sulfonamides is 1. The first kappa shape index (κ1) is 11.8. The van der Waals surface area contributed by atoms with Gasteiger partial charge in [-0.15, -0.1) is 0 Å². The van der Waals surface area contributed by atoms with Gasteiger partial charge in [-0.05, 0) is 18.6 Å². The third kappa shape index (κ3) is 1.84. The van der Waals surface area contributed by atoms with Gasteiger partial charge >= 0.3 is 0 Å². The topological polar surface area (TPSA) is 71.5 Å². The molecule has 0 spiro atoms. The molecule has 0 bridgehead atoms. The summed E-state index contributed by atoms with van der Waals surface area (Å²) in [6.45, 7) is 1.62. The summed E-state index contributed by atoms with van der Waals surface area (Å²) in [7, 11) is -4.03. The van der Waals surface area contributed by atoms with Crippen LogP contribution in [0.15, 0.2) is 29.2 Å². The van der Waals surface area contributed by atoms with E-state index in [4.69, 9.17) is 0 Å². The molecule has 17 heavy (non-hydrogen) atoms. The molecule has 0 aliphatic carbocycles. The first-order valence-electron chi connectivity index (χ1n) is 5.11. The third-order valence-electron chi connectivity index (χ3n) is 2.62. The lowest BCUT2D eigenvalue weighted by Crippen LogP contribution is -2.35. The van der Waals surface area contributed by atoms with Gasteiger partial charge in [-0.2, -0.15) is 4.31 Å². The molecule has 1 heterocycles. The normalized spacial score (nSPS) is 16.6. The van der Waals surface area contributed by atoms with Crippen LogP contribution in [0.5, 0.6) is 0 Å². The van der Waals surface area contributed by atoms with E-state index < -0.39 is 21.8 Å². The maximum Gasteiger partial charge on any atom is 0.273 e. The lowest BCUT2D eigenvalue weighted by Gasteiger charge is -2.15. The van der Waals surface area contributed by atoms with Gasteiger partial charge in [0.2, 0.25) is 11.8 Å². The number of rotatable bonds is 2. The highest BCUT2D eigenvalue weighted by Gasteiger charge is 2.40. The number of amides is 2. The van der Waals surface area contributed by atoms with Crippen molar-refractivity contribution in [3.63, 3.8) is 0 Å². The summed E-state index contributed by atoms with van der Waals surface area (Å²) >= 11 is 0. The van der Waals surface area contributed by atoms with E-state index in [1.165, 1.54) is 6.07 Å². The zero-order chi connectivity index (χ0) is 12.6. The van der Waals surface area contributed by atoms with Crippen LogP contribution in [0.2, 0.25) is 0 Å². The van der Waals surface area contributed by atoms with Crippen molar-refractivity contribution in [2.75, 3.05) is 0 Å². The summed E-state index contributed by atoms with van der Waals surface area (Å²) in [5.41, 5.74) is 0.514. The molecule has 1 aliphatic heterocycles. The van der Waals surface area contributed by atoms with E-state index in [1.807, 2.05) is 0 Å². The van der Waals surface area contributed by atoms with Crippen LogP contribution in [0.3, 0.4) is 0 Å². The minimum absolute atomic E-state index is 0.00333. The van der Waals surface area contributed by atoms with Crippen LogP contribution in [0.25, 0.3) is 0 Å². The summed E-state index contributed by atoms with van der Waals surface area (Å²) in [4.78, 5) is 22.9. The maximum atomic E-state index is 12.2. The van der Waals surface area contributed by atoms with Gasteiger partial charge in [-0.3, -0.25) is 9.59 Å². The Hall–Kier alpha value is -1.69. The SMILES string of the molecule is Cc1ccccc1S(=O)(=O)N1C(=O)CCC1=O. The number of hydrogen-bond donors (Lipinski definition) is 0. The summed E-state index contributed by atoms with van der Waals surface area (Å²) in [5.74, 6) is -1.31. The Balaban J connectivity index is 2.55. The molecule has 0 unspecified atom stereocenters. The van der Waals surface area contributed by atoms with Crippen molar-refractivity contribution in [1.29, 1.82) is 0 Å². The molecule has 1 aromatic carbocycles. The molecule has 0 radical (unpaired) electrons. The number of nitrogens with zero attached hydrogens (tertiary/aromatic N) is 1. The highest BCUT2D eigenvalue weighted by molar-refractivity contribution is 7.90. The number of imide groups is 1. The zero-order valence-electron chi connectivity index (χ0n) is 9.21. The van der Waals surface area contributed by atoms with E-state index in [-0.39, 0.29) is 17.7 Å². The number of carbonyl (C=O) groups excluding carboxylic acids is 2. The standard InChI is InChI=1S/C11H11NO4S/c1-8-4-2-3-5-9(8)17(15,16)12-10(13)6-7-11(12)14/h2-5H,6-7H2,1H3. The summed E-state index contributed by atoms with van der Waals surface area (Å²) in [6.07, 6.45) is -0.0755. The van der Waals surface area contributed by atoms with Gasteiger partial charge in [0, 0.05) is 12.8 Å². The van der Waals surface area contributed by atoms with Gasteiger partial charge in [-0.25, -0.2) is 8.42 Å². The highest BCUT2D eigenvalue weighted by atomic mass is 32.2. The summed E-state index contributed by atoms with van der Waals surface area (Å²) < 4.78 is 24.7. The fourth-order valence-corrected chi connectivity index (χ4v) is 3.41. The minimum Gasteiger partial charge on any atom is -0.273 e. The van der Waals surface area contributed by atoms with E-state index in [1.54, 1.807) is 25.1 Å². The molecule has 6 heteroatoms. The Morgan fingerprint density at radius 1 is 1.06 bits per heavy atom. The predicted molar refractivity (Wildman–Crippen MR) is 59.5 cm³/mol. The van der Waals surface area contributed by atoms with Crippen molar-refractivity contribution in [2.45, 2.75) is 24.7 Å². The van der Waals surface area contributed by atoms with Gasteiger partial charge < -0.3 is 0 Å². The Morgan fingerprint density at radius 2 is 1.59 bits per heavy atom. The number of carbonyl (C=O) groups is 2. The van der Waals surface area contributed by atoms with Crippen molar-refractivity contribution in [2.24, 2.45) is 0 Å². The van der Waals surface area contributed by atoms with Crippen LogP contribution in [-0.2, 0) is 19.6 Å². The number of benzene rings is 1. The van der Waals surface area contributed by atoms with Gasteiger partial charge in [0.1, 0.15) is 0 Å². The molecule has 1 fully saturated rings. The molecule has 90 valence electrons. The zero-order valence-corrected chi connectivity index (χ0v) is 10.0. The van der Waals surface area contributed by atoms with Crippen molar-refractivity contribution >= 4 is 21.8 Å².